The molecule has 0 atom stereocenters. The van der Waals surface area contributed by atoms with Crippen molar-refractivity contribution < 1.29 is 0 Å². The minimum Gasteiger partial charge on any atom is -0.0901 e. The first kappa shape index (κ1) is 13.3. The molecule has 0 saturated heterocycles. The summed E-state index contributed by atoms with van der Waals surface area (Å²) in [6, 6.07) is 29.8. The Bertz CT molecular complexity index is 586. The number of hydrogen-bond acceptors (Lipinski definition) is 1. The van der Waals surface area contributed by atoms with Crippen LogP contribution in [-0.2, 0) is 11.8 Å². The smallest absolute Gasteiger partial charge is 0.0901 e. The molecule has 0 saturated carbocycles. The highest BCUT2D eigenvalue weighted by Crippen LogP contribution is 2.27. The van der Waals surface area contributed by atoms with Crippen molar-refractivity contribution in [1.29, 1.82) is 0 Å². The summed E-state index contributed by atoms with van der Waals surface area (Å²) in [5.41, 5.74) is 0. The van der Waals surface area contributed by atoms with Crippen LogP contribution < -0.4 is 0 Å². The molecule has 0 radical (unpaired) electrons. The third-order valence-electron chi connectivity index (χ3n) is 2.83. The Morgan fingerprint density at radius 1 is 0.500 bits per heavy atom. The first-order valence-electron chi connectivity index (χ1n) is 6.50. The Hall–Kier alpha value is -1.64. The van der Waals surface area contributed by atoms with Gasteiger partial charge in [0.15, 0.2) is 9.79 Å². The van der Waals surface area contributed by atoms with Gasteiger partial charge in [-0.15, -0.1) is 0 Å². The number of benzene rings is 3. The lowest BCUT2D eigenvalue weighted by molar-refractivity contribution is 1.33. The summed E-state index contributed by atoms with van der Waals surface area (Å²) in [6.07, 6.45) is 0. The van der Waals surface area contributed by atoms with E-state index in [1.165, 1.54) is 31.3 Å². The largest absolute Gasteiger partial charge is 0.158 e. The van der Waals surface area contributed by atoms with Gasteiger partial charge in [-0.3, -0.25) is 0 Å². The molecule has 0 bridgehead atoms. The van der Waals surface area contributed by atoms with Gasteiger partial charge in [-0.2, -0.15) is 0 Å². The van der Waals surface area contributed by atoms with Gasteiger partial charge in [-0.05, 0) is 48.5 Å². The van der Waals surface area contributed by atoms with Crippen LogP contribution in [0.25, 0.3) is 0 Å². The molecule has 3 aromatic rings. The maximum Gasteiger partial charge on any atom is 0.158 e. The SMILES string of the molecule is c1ccc(Sc2ccc([SH+]c3ccccc3)cc2)cc1. The molecule has 0 fully saturated rings. The second kappa shape index (κ2) is 6.69. The van der Waals surface area contributed by atoms with E-state index >= 15 is 0 Å². The summed E-state index contributed by atoms with van der Waals surface area (Å²) < 4.78 is 0. The Balaban J connectivity index is 1.69. The molecule has 20 heavy (non-hydrogen) atoms. The van der Waals surface area contributed by atoms with Gasteiger partial charge in [-0.1, -0.05) is 48.2 Å². The van der Waals surface area contributed by atoms with Crippen LogP contribution in [-0.4, -0.2) is 0 Å². The fourth-order valence-electron chi connectivity index (χ4n) is 1.86. The van der Waals surface area contributed by atoms with Crippen molar-refractivity contribution in [3.8, 4) is 0 Å². The van der Waals surface area contributed by atoms with Crippen LogP contribution >= 0.6 is 11.8 Å². The highest BCUT2D eigenvalue weighted by molar-refractivity contribution is 7.99. The lowest BCUT2D eigenvalue weighted by Gasteiger charge is -2.01. The third-order valence-corrected chi connectivity index (χ3v) is 4.96. The van der Waals surface area contributed by atoms with Crippen molar-refractivity contribution in [2.24, 2.45) is 0 Å². The van der Waals surface area contributed by atoms with Gasteiger partial charge in [0.05, 0.1) is 0 Å². The number of hydrogen-bond donors (Lipinski definition) is 0. The van der Waals surface area contributed by atoms with Gasteiger partial charge in [0.25, 0.3) is 0 Å². The van der Waals surface area contributed by atoms with Gasteiger partial charge in [0, 0.05) is 21.6 Å². The highest BCUT2D eigenvalue weighted by atomic mass is 32.2. The molecule has 3 aromatic carbocycles. The normalized spacial score (nSPS) is 10.4. The molecule has 0 unspecified atom stereocenters. The van der Waals surface area contributed by atoms with E-state index in [9.17, 15) is 0 Å². The van der Waals surface area contributed by atoms with Gasteiger partial charge in [-0.25, -0.2) is 0 Å². The summed E-state index contributed by atoms with van der Waals surface area (Å²) in [5, 5.41) is 0. The quantitative estimate of drug-likeness (QED) is 0.478. The van der Waals surface area contributed by atoms with Crippen LogP contribution in [0.3, 0.4) is 0 Å². The molecule has 3 rings (SSSR count). The van der Waals surface area contributed by atoms with E-state index < -0.39 is 0 Å². The molecule has 0 aromatic heterocycles. The molecule has 0 spiro atoms. The van der Waals surface area contributed by atoms with E-state index in [0.717, 1.165) is 0 Å². The van der Waals surface area contributed by atoms with E-state index in [1.807, 2.05) is 6.07 Å². The summed E-state index contributed by atoms with van der Waals surface area (Å²) in [4.78, 5) is 5.22. The van der Waals surface area contributed by atoms with E-state index in [-0.39, 0.29) is 0 Å². The van der Waals surface area contributed by atoms with Crippen molar-refractivity contribution in [2.75, 3.05) is 0 Å². The molecular weight excluding hydrogens is 280 g/mol. The lowest BCUT2D eigenvalue weighted by Crippen LogP contribution is -1.84. The summed E-state index contributed by atoms with van der Waals surface area (Å²) in [7, 11) is 0. The van der Waals surface area contributed by atoms with Crippen molar-refractivity contribution in [2.45, 2.75) is 19.6 Å². The van der Waals surface area contributed by atoms with E-state index in [4.69, 9.17) is 0 Å². The Kier molecular flexibility index (Phi) is 4.46. The summed E-state index contributed by atoms with van der Waals surface area (Å²) in [5.74, 6) is 0. The molecule has 0 aliphatic rings. The van der Waals surface area contributed by atoms with E-state index in [0.29, 0.717) is 0 Å². The topological polar surface area (TPSA) is 0 Å². The first-order chi connectivity index (χ1) is 9.90. The van der Waals surface area contributed by atoms with Crippen molar-refractivity contribution in [1.82, 2.24) is 0 Å². The molecule has 98 valence electrons. The second-order valence-corrected chi connectivity index (χ2v) is 6.76. The number of thiol groups is 1. The predicted octanol–water partition coefficient (Wildman–Crippen LogP) is 5.07. The molecule has 0 aliphatic heterocycles. The van der Waals surface area contributed by atoms with Crippen LogP contribution in [0.2, 0.25) is 0 Å². The van der Waals surface area contributed by atoms with E-state index in [1.54, 1.807) is 11.8 Å². The lowest BCUT2D eigenvalue weighted by atomic mass is 10.4. The molecule has 0 N–H and O–H groups in total. The summed E-state index contributed by atoms with van der Waals surface area (Å²) in [6.45, 7) is 0. The highest BCUT2D eigenvalue weighted by Gasteiger charge is 2.06. The monoisotopic (exact) mass is 295 g/mol. The molecule has 0 aliphatic carbocycles. The fraction of sp³-hybridized carbons (Fsp3) is 0. The average molecular weight is 295 g/mol. The average Bonchev–Trinajstić information content (AvgIpc) is 2.51. The Labute approximate surface area is 128 Å². The Morgan fingerprint density at radius 2 is 1.00 bits per heavy atom. The van der Waals surface area contributed by atoms with Gasteiger partial charge >= 0.3 is 0 Å². The number of rotatable bonds is 4. The van der Waals surface area contributed by atoms with Crippen LogP contribution in [0.15, 0.2) is 105 Å². The first-order valence-corrected chi connectivity index (χ1v) is 8.21. The molecule has 0 nitrogen and oxygen atoms in total. The maximum absolute atomic E-state index is 2.21. The molecule has 2 heteroatoms. The summed E-state index contributed by atoms with van der Waals surface area (Å²) >= 11 is 3.06. The van der Waals surface area contributed by atoms with Gasteiger partial charge in [0.1, 0.15) is 0 Å². The fourth-order valence-corrected chi connectivity index (χ4v) is 3.62. The second-order valence-electron chi connectivity index (χ2n) is 4.36. The molecule has 0 amide bonds. The van der Waals surface area contributed by atoms with Crippen LogP contribution in [0, 0.1) is 0 Å². The Morgan fingerprint density at radius 3 is 1.65 bits per heavy atom. The zero-order valence-corrected chi connectivity index (χ0v) is 12.6. The standard InChI is InChI=1S/C18H14S2/c1-3-7-15(8-4-1)19-17-11-13-18(14-12-17)20-16-9-5-2-6-10-16/h1-14H/p+1. The zero-order chi connectivity index (χ0) is 13.6. The van der Waals surface area contributed by atoms with Crippen LogP contribution in [0.5, 0.6) is 0 Å². The zero-order valence-electron chi connectivity index (χ0n) is 10.9. The van der Waals surface area contributed by atoms with E-state index in [2.05, 4.69) is 78.9 Å². The molecule has 0 heterocycles. The predicted molar refractivity (Wildman–Crippen MR) is 88.7 cm³/mol. The third kappa shape index (κ3) is 3.69. The van der Waals surface area contributed by atoms with Crippen LogP contribution in [0.4, 0.5) is 0 Å². The van der Waals surface area contributed by atoms with Gasteiger partial charge in [0.2, 0.25) is 0 Å². The molecular formula is C18H15S2+. The maximum atomic E-state index is 2.21. The van der Waals surface area contributed by atoms with Crippen LogP contribution in [0.1, 0.15) is 0 Å². The minimum absolute atomic E-state index is 1.26. The van der Waals surface area contributed by atoms with Crippen molar-refractivity contribution in [3.63, 3.8) is 0 Å². The van der Waals surface area contributed by atoms with Crippen molar-refractivity contribution in [3.05, 3.63) is 84.9 Å². The van der Waals surface area contributed by atoms with Crippen molar-refractivity contribution >= 4 is 23.5 Å². The van der Waals surface area contributed by atoms with Gasteiger partial charge < -0.3 is 0 Å². The minimum atomic E-state index is 1.26.